The summed E-state index contributed by atoms with van der Waals surface area (Å²) in [7, 11) is -3.53. The van der Waals surface area contributed by atoms with Crippen LogP contribution in [0.4, 0.5) is 0 Å². The van der Waals surface area contributed by atoms with E-state index < -0.39 is 10.0 Å². The van der Waals surface area contributed by atoms with Crippen molar-refractivity contribution in [3.05, 3.63) is 58.9 Å². The van der Waals surface area contributed by atoms with E-state index in [1.807, 2.05) is 17.5 Å². The minimum atomic E-state index is -3.53. The molecule has 1 aromatic carbocycles. The Morgan fingerprint density at radius 1 is 1.11 bits per heavy atom. The van der Waals surface area contributed by atoms with Gasteiger partial charge in [0.2, 0.25) is 10.0 Å². The number of hydrogen-bond donors (Lipinski definition) is 1. The summed E-state index contributed by atoms with van der Waals surface area (Å²) in [5, 5.41) is 2.84. The number of carbonyl (C=O) groups is 1. The molecule has 1 amide bonds. The fourth-order valence-electron chi connectivity index (χ4n) is 3.13. The Labute approximate surface area is 171 Å². The number of rotatable bonds is 5. The lowest BCUT2D eigenvalue weighted by molar-refractivity contribution is 0.0716. The van der Waals surface area contributed by atoms with Crippen LogP contribution in [0.5, 0.6) is 0 Å². The van der Waals surface area contributed by atoms with E-state index in [9.17, 15) is 13.2 Å². The maximum Gasteiger partial charge on any atom is 0.265 e. The van der Waals surface area contributed by atoms with Crippen LogP contribution in [0.15, 0.2) is 58.9 Å². The van der Waals surface area contributed by atoms with Crippen LogP contribution in [-0.4, -0.2) is 43.3 Å². The summed E-state index contributed by atoms with van der Waals surface area (Å²) in [6, 6.07) is 12.1. The van der Waals surface area contributed by atoms with Crippen molar-refractivity contribution in [3.8, 4) is 9.88 Å². The molecule has 0 unspecified atom stereocenters. The lowest BCUT2D eigenvalue weighted by Crippen LogP contribution is -2.46. The number of thiophene rings is 1. The number of aromatic nitrogens is 1. The Bertz CT molecular complexity index is 1040. The number of benzene rings is 1. The zero-order chi connectivity index (χ0) is 19.6. The molecule has 1 N–H and O–H groups in total. The largest absolute Gasteiger partial charge is 0.338 e. The lowest BCUT2D eigenvalue weighted by atomic mass is 10.1. The molecular formula is C19H19N3O3S3. The molecule has 1 aliphatic heterocycles. The predicted molar refractivity (Wildman–Crippen MR) is 111 cm³/mol. The standard InChI is InChI=1S/C19H19N3O3S3/c23-19(17-13-20-18(27-17)16-7-4-12-26-16)22-10-8-14(9-11-22)21-28(24,25)15-5-2-1-3-6-15/h1-7,12-14,21H,8-11H2. The van der Waals surface area contributed by atoms with E-state index in [-0.39, 0.29) is 16.8 Å². The SMILES string of the molecule is O=C(c1cnc(-c2cccs2)s1)N1CCC(NS(=O)(=O)c2ccccc2)CC1. The predicted octanol–water partition coefficient (Wildman–Crippen LogP) is 3.45. The summed E-state index contributed by atoms with van der Waals surface area (Å²) in [5.74, 6) is -0.0373. The molecule has 9 heteroatoms. The molecule has 1 saturated heterocycles. The average molecular weight is 434 g/mol. The third-order valence-corrected chi connectivity index (χ3v) is 8.17. The van der Waals surface area contributed by atoms with E-state index in [2.05, 4.69) is 9.71 Å². The van der Waals surface area contributed by atoms with Gasteiger partial charge in [0.05, 0.1) is 16.0 Å². The highest BCUT2D eigenvalue weighted by atomic mass is 32.2. The van der Waals surface area contributed by atoms with E-state index in [1.54, 1.807) is 52.8 Å². The van der Waals surface area contributed by atoms with Crippen LogP contribution in [0, 0.1) is 0 Å². The normalized spacial score (nSPS) is 15.6. The van der Waals surface area contributed by atoms with Crippen molar-refractivity contribution < 1.29 is 13.2 Å². The van der Waals surface area contributed by atoms with Gasteiger partial charge in [0.1, 0.15) is 9.88 Å². The fourth-order valence-corrected chi connectivity index (χ4v) is 6.14. The molecule has 28 heavy (non-hydrogen) atoms. The van der Waals surface area contributed by atoms with Gasteiger partial charge in [-0.1, -0.05) is 24.3 Å². The first-order valence-electron chi connectivity index (χ1n) is 8.89. The summed E-state index contributed by atoms with van der Waals surface area (Å²) in [6.07, 6.45) is 2.81. The maximum atomic E-state index is 12.8. The van der Waals surface area contributed by atoms with Gasteiger partial charge in [-0.2, -0.15) is 0 Å². The first-order chi connectivity index (χ1) is 13.5. The van der Waals surface area contributed by atoms with Crippen LogP contribution in [0.1, 0.15) is 22.5 Å². The molecule has 3 aromatic rings. The van der Waals surface area contributed by atoms with Crippen molar-refractivity contribution in [2.24, 2.45) is 0 Å². The van der Waals surface area contributed by atoms with Crippen molar-refractivity contribution in [1.82, 2.24) is 14.6 Å². The van der Waals surface area contributed by atoms with Gasteiger partial charge in [-0.05, 0) is 36.4 Å². The van der Waals surface area contributed by atoms with Crippen molar-refractivity contribution in [3.63, 3.8) is 0 Å². The third-order valence-electron chi connectivity index (χ3n) is 4.61. The molecule has 1 aliphatic rings. The van der Waals surface area contributed by atoms with Gasteiger partial charge in [-0.3, -0.25) is 4.79 Å². The lowest BCUT2D eigenvalue weighted by Gasteiger charge is -2.31. The number of nitrogens with one attached hydrogen (secondary N) is 1. The van der Waals surface area contributed by atoms with Crippen LogP contribution < -0.4 is 4.72 Å². The van der Waals surface area contributed by atoms with E-state index >= 15 is 0 Å². The van der Waals surface area contributed by atoms with Crippen LogP contribution in [-0.2, 0) is 10.0 Å². The minimum Gasteiger partial charge on any atom is -0.338 e. The Morgan fingerprint density at radius 2 is 1.86 bits per heavy atom. The third kappa shape index (κ3) is 4.17. The molecular weight excluding hydrogens is 414 g/mol. The zero-order valence-corrected chi connectivity index (χ0v) is 17.4. The number of thiazole rings is 1. The minimum absolute atomic E-state index is 0.0373. The van der Waals surface area contributed by atoms with Crippen LogP contribution in [0.3, 0.4) is 0 Å². The number of piperidine rings is 1. The summed E-state index contributed by atoms with van der Waals surface area (Å²) < 4.78 is 27.7. The fraction of sp³-hybridized carbons (Fsp3) is 0.263. The summed E-state index contributed by atoms with van der Waals surface area (Å²) in [6.45, 7) is 1.04. The summed E-state index contributed by atoms with van der Waals surface area (Å²) in [5.41, 5.74) is 0. The highest BCUT2D eigenvalue weighted by Crippen LogP contribution is 2.30. The molecule has 0 spiro atoms. The van der Waals surface area contributed by atoms with Gasteiger partial charge in [-0.15, -0.1) is 22.7 Å². The Kier molecular flexibility index (Phi) is 5.58. The van der Waals surface area contributed by atoms with Crippen LogP contribution in [0.25, 0.3) is 9.88 Å². The van der Waals surface area contributed by atoms with Crippen LogP contribution in [0.2, 0.25) is 0 Å². The second-order valence-corrected chi connectivity index (χ2v) is 10.2. The topological polar surface area (TPSA) is 79.4 Å². The molecule has 1 fully saturated rings. The molecule has 4 rings (SSSR count). The first-order valence-corrected chi connectivity index (χ1v) is 12.1. The van der Waals surface area contributed by atoms with E-state index in [0.29, 0.717) is 30.8 Å². The average Bonchev–Trinajstić information content (AvgIpc) is 3.40. The molecule has 0 saturated carbocycles. The second-order valence-electron chi connectivity index (χ2n) is 6.51. The highest BCUT2D eigenvalue weighted by molar-refractivity contribution is 7.89. The smallest absolute Gasteiger partial charge is 0.265 e. The van der Waals surface area contributed by atoms with Crippen molar-refractivity contribution >= 4 is 38.6 Å². The maximum absolute atomic E-state index is 12.8. The van der Waals surface area contributed by atoms with Crippen LogP contribution >= 0.6 is 22.7 Å². The molecule has 0 atom stereocenters. The molecule has 146 valence electrons. The Hall–Kier alpha value is -2.07. The van der Waals surface area contributed by atoms with Gasteiger partial charge in [0.25, 0.3) is 5.91 Å². The zero-order valence-electron chi connectivity index (χ0n) is 14.9. The number of hydrogen-bond acceptors (Lipinski definition) is 6. The number of amides is 1. The van der Waals surface area contributed by atoms with Gasteiger partial charge < -0.3 is 4.90 Å². The number of sulfonamides is 1. The van der Waals surface area contributed by atoms with E-state index in [4.69, 9.17) is 0 Å². The monoisotopic (exact) mass is 433 g/mol. The van der Waals surface area contributed by atoms with Crippen molar-refractivity contribution in [2.45, 2.75) is 23.8 Å². The number of nitrogens with zero attached hydrogens (tertiary/aromatic N) is 2. The second kappa shape index (κ2) is 8.12. The van der Waals surface area contributed by atoms with Crippen molar-refractivity contribution in [2.75, 3.05) is 13.1 Å². The molecule has 6 nitrogen and oxygen atoms in total. The molecule has 0 aliphatic carbocycles. The highest BCUT2D eigenvalue weighted by Gasteiger charge is 2.28. The summed E-state index contributed by atoms with van der Waals surface area (Å²) in [4.78, 5) is 20.8. The van der Waals surface area contributed by atoms with E-state index in [1.165, 1.54) is 11.3 Å². The molecule has 2 aromatic heterocycles. The van der Waals surface area contributed by atoms with Crippen molar-refractivity contribution in [1.29, 1.82) is 0 Å². The molecule has 0 radical (unpaired) electrons. The quantitative estimate of drug-likeness (QED) is 0.668. The summed E-state index contributed by atoms with van der Waals surface area (Å²) >= 11 is 3.00. The number of carbonyl (C=O) groups excluding carboxylic acids is 1. The van der Waals surface area contributed by atoms with Gasteiger partial charge in [0.15, 0.2) is 0 Å². The number of likely N-dealkylation sites (tertiary alicyclic amines) is 1. The Morgan fingerprint density at radius 3 is 2.54 bits per heavy atom. The first kappa shape index (κ1) is 19.3. The molecule has 0 bridgehead atoms. The Balaban J connectivity index is 1.36. The van der Waals surface area contributed by atoms with Gasteiger partial charge in [0, 0.05) is 19.1 Å². The molecule has 3 heterocycles. The van der Waals surface area contributed by atoms with Gasteiger partial charge in [-0.25, -0.2) is 18.1 Å². The van der Waals surface area contributed by atoms with E-state index in [0.717, 1.165) is 9.88 Å². The van der Waals surface area contributed by atoms with Gasteiger partial charge >= 0.3 is 0 Å².